The third kappa shape index (κ3) is 7.45. The zero-order valence-corrected chi connectivity index (χ0v) is 23.0. The van der Waals surface area contributed by atoms with Crippen molar-refractivity contribution in [1.29, 1.82) is 0 Å². The molecule has 4 rings (SSSR count). The summed E-state index contributed by atoms with van der Waals surface area (Å²) >= 11 is 0. The summed E-state index contributed by atoms with van der Waals surface area (Å²) in [6.07, 6.45) is -0.441. The van der Waals surface area contributed by atoms with Crippen molar-refractivity contribution in [2.45, 2.75) is 37.8 Å². The molecule has 0 bridgehead atoms. The first-order valence-corrected chi connectivity index (χ1v) is 14.3. The minimum Gasteiger partial charge on any atom is -0.456 e. The molecule has 3 aromatic carbocycles. The third-order valence-corrected chi connectivity index (χ3v) is 7.50. The van der Waals surface area contributed by atoms with Gasteiger partial charge in [-0.15, -0.1) is 0 Å². The number of ether oxygens (including phenoxy) is 1. The molecule has 10 nitrogen and oxygen atoms in total. The van der Waals surface area contributed by atoms with E-state index in [2.05, 4.69) is 15.4 Å². The van der Waals surface area contributed by atoms with Crippen molar-refractivity contribution in [1.82, 2.24) is 15.4 Å². The fourth-order valence-corrected chi connectivity index (χ4v) is 5.15. The quantitative estimate of drug-likeness (QED) is 0.236. The Morgan fingerprint density at radius 3 is 2.33 bits per heavy atom. The summed E-state index contributed by atoms with van der Waals surface area (Å²) in [5, 5.41) is 6.44. The number of sulfonamides is 1. The van der Waals surface area contributed by atoms with E-state index >= 15 is 0 Å². The molecule has 4 aromatic rings. The van der Waals surface area contributed by atoms with Gasteiger partial charge in [-0.1, -0.05) is 62.4 Å². The lowest BCUT2D eigenvalue weighted by molar-refractivity contribution is -0.126. The van der Waals surface area contributed by atoms with Crippen LogP contribution in [0.1, 0.15) is 25.8 Å². The van der Waals surface area contributed by atoms with Crippen molar-refractivity contribution in [2.24, 2.45) is 5.92 Å². The summed E-state index contributed by atoms with van der Waals surface area (Å²) < 4.78 is 38.9. The fourth-order valence-electron chi connectivity index (χ4n) is 4.11. The Morgan fingerprint density at radius 1 is 0.875 bits per heavy atom. The number of ketones is 1. The monoisotopic (exact) mass is 565 g/mol. The van der Waals surface area contributed by atoms with Crippen LogP contribution in [0.25, 0.3) is 21.9 Å². The molecule has 0 radical (unpaired) electrons. The van der Waals surface area contributed by atoms with E-state index in [1.807, 2.05) is 62.4 Å². The number of amides is 2. The van der Waals surface area contributed by atoms with Crippen LogP contribution >= 0.6 is 0 Å². The van der Waals surface area contributed by atoms with E-state index in [0.29, 0.717) is 23.0 Å². The van der Waals surface area contributed by atoms with Gasteiger partial charge in [0, 0.05) is 10.8 Å². The number of nitrogens with one attached hydrogen (secondary N) is 3. The predicted octanol–water partition coefficient (Wildman–Crippen LogP) is 3.89. The molecule has 11 heteroatoms. The van der Waals surface area contributed by atoms with Crippen LogP contribution in [0.5, 0.6) is 0 Å². The Hall–Kier alpha value is -4.22. The molecule has 3 N–H and O–H groups in total. The van der Waals surface area contributed by atoms with E-state index in [1.165, 1.54) is 12.1 Å². The highest BCUT2D eigenvalue weighted by Gasteiger charge is 2.24. The largest absolute Gasteiger partial charge is 0.456 e. The Bertz CT molecular complexity index is 1610. The first-order valence-electron chi connectivity index (χ1n) is 12.8. The van der Waals surface area contributed by atoms with Gasteiger partial charge in [-0.3, -0.25) is 9.59 Å². The maximum atomic E-state index is 12.8. The summed E-state index contributed by atoms with van der Waals surface area (Å²) in [4.78, 5) is 37.4. The van der Waals surface area contributed by atoms with Crippen LogP contribution in [0.3, 0.4) is 0 Å². The first-order chi connectivity index (χ1) is 19.1. The summed E-state index contributed by atoms with van der Waals surface area (Å²) in [7, 11) is -4.01. The number of carbonyl (C=O) groups excluding carboxylic acids is 3. The Labute approximate surface area is 232 Å². The number of Topliss-reactive ketones (excluding diaryl/α,β-unsaturated/α-hetero) is 1. The average molecular weight is 566 g/mol. The molecule has 1 atom stereocenters. The lowest BCUT2D eigenvalue weighted by Crippen LogP contribution is -2.49. The molecular formula is C29H31N3O7S. The van der Waals surface area contributed by atoms with Gasteiger partial charge in [0.2, 0.25) is 15.9 Å². The molecular weight excluding hydrogens is 534 g/mol. The summed E-state index contributed by atoms with van der Waals surface area (Å²) in [6, 6.07) is 19.9. The van der Waals surface area contributed by atoms with Gasteiger partial charge in [-0.05, 0) is 42.2 Å². The van der Waals surface area contributed by atoms with Crippen LogP contribution in [0, 0.1) is 5.92 Å². The number of fused-ring (bicyclic) bond motifs is 3. The summed E-state index contributed by atoms with van der Waals surface area (Å²) in [6.45, 7) is 2.89. The number of hydrogen-bond acceptors (Lipinski definition) is 7. The molecule has 40 heavy (non-hydrogen) atoms. The molecule has 1 heterocycles. The summed E-state index contributed by atoms with van der Waals surface area (Å²) in [5.74, 6) is -1.06. The zero-order valence-electron chi connectivity index (χ0n) is 22.2. The normalized spacial score (nSPS) is 12.4. The van der Waals surface area contributed by atoms with Crippen LogP contribution in [0.4, 0.5) is 4.79 Å². The smallest absolute Gasteiger partial charge is 0.408 e. The minimum atomic E-state index is -4.01. The molecule has 0 aliphatic rings. The van der Waals surface area contributed by atoms with Gasteiger partial charge in [0.25, 0.3) is 0 Å². The lowest BCUT2D eigenvalue weighted by Gasteiger charge is -2.20. The number of hydrogen-bond donors (Lipinski definition) is 3. The van der Waals surface area contributed by atoms with E-state index in [9.17, 15) is 22.8 Å². The molecule has 0 saturated carbocycles. The Balaban J connectivity index is 1.30. The van der Waals surface area contributed by atoms with Crippen LogP contribution in [-0.2, 0) is 31.0 Å². The van der Waals surface area contributed by atoms with E-state index in [0.717, 1.165) is 10.9 Å². The van der Waals surface area contributed by atoms with Crippen LogP contribution in [-0.4, -0.2) is 45.3 Å². The number of alkyl carbamates (subject to hydrolysis) is 1. The number of benzene rings is 3. The van der Waals surface area contributed by atoms with E-state index in [1.54, 1.807) is 12.1 Å². The van der Waals surface area contributed by atoms with Crippen LogP contribution < -0.4 is 15.4 Å². The van der Waals surface area contributed by atoms with Gasteiger partial charge in [0.15, 0.2) is 5.78 Å². The second-order valence-corrected chi connectivity index (χ2v) is 11.5. The molecule has 2 amide bonds. The number of furan rings is 1. The molecule has 0 spiro atoms. The average Bonchev–Trinajstić information content (AvgIpc) is 3.32. The Morgan fingerprint density at radius 2 is 1.57 bits per heavy atom. The molecule has 0 saturated heterocycles. The number of rotatable bonds is 12. The highest BCUT2D eigenvalue weighted by molar-refractivity contribution is 7.89. The topological polar surface area (TPSA) is 144 Å². The van der Waals surface area contributed by atoms with Crippen molar-refractivity contribution in [2.75, 3.05) is 13.1 Å². The van der Waals surface area contributed by atoms with E-state index < -0.39 is 46.9 Å². The molecule has 1 aromatic heterocycles. The van der Waals surface area contributed by atoms with Crippen molar-refractivity contribution in [3.63, 3.8) is 0 Å². The lowest BCUT2D eigenvalue weighted by atomic mass is 10.0. The van der Waals surface area contributed by atoms with E-state index in [4.69, 9.17) is 9.15 Å². The second-order valence-electron chi connectivity index (χ2n) is 9.73. The molecule has 0 aliphatic carbocycles. The molecule has 0 unspecified atom stereocenters. The second kappa shape index (κ2) is 12.8. The van der Waals surface area contributed by atoms with Gasteiger partial charge >= 0.3 is 6.09 Å². The predicted molar refractivity (Wildman–Crippen MR) is 150 cm³/mol. The maximum Gasteiger partial charge on any atom is 0.408 e. The van der Waals surface area contributed by atoms with Gasteiger partial charge < -0.3 is 19.8 Å². The highest BCUT2D eigenvalue weighted by atomic mass is 32.2. The molecule has 0 fully saturated rings. The van der Waals surface area contributed by atoms with Crippen LogP contribution in [0.15, 0.2) is 82.1 Å². The summed E-state index contributed by atoms with van der Waals surface area (Å²) in [5.41, 5.74) is 1.99. The first kappa shape index (κ1) is 28.8. The Kier molecular flexibility index (Phi) is 9.18. The van der Waals surface area contributed by atoms with Gasteiger partial charge in [-0.2, -0.15) is 0 Å². The van der Waals surface area contributed by atoms with Crippen molar-refractivity contribution in [3.05, 3.63) is 78.4 Å². The molecule has 210 valence electrons. The van der Waals surface area contributed by atoms with Gasteiger partial charge in [0.1, 0.15) is 23.8 Å². The van der Waals surface area contributed by atoms with E-state index in [-0.39, 0.29) is 17.4 Å². The number of carbonyl (C=O) groups is 3. The number of para-hydroxylation sites is 1. The standard InChI is InChI=1S/C29H31N3O7S/c1-19(2)14-25(32-29(35)38-18-20-8-4-3-5-9-20)28(34)30-16-21(33)17-31-40(36,37)22-12-13-27-24(15-22)23-10-6-7-11-26(23)39-27/h3-13,15,19,25,31H,14,16-18H2,1-2H3,(H,30,34)(H,32,35)/t25-/m0/s1. The van der Waals surface area contributed by atoms with Gasteiger partial charge in [0.05, 0.1) is 18.0 Å². The minimum absolute atomic E-state index is 0.0152. The fraction of sp³-hybridized carbons (Fsp3) is 0.276. The van der Waals surface area contributed by atoms with Crippen molar-refractivity contribution < 1.29 is 32.0 Å². The van der Waals surface area contributed by atoms with Crippen molar-refractivity contribution >= 4 is 49.7 Å². The highest BCUT2D eigenvalue weighted by Crippen LogP contribution is 2.30. The van der Waals surface area contributed by atoms with Gasteiger partial charge in [-0.25, -0.2) is 17.9 Å². The SMILES string of the molecule is CC(C)C[C@H](NC(=O)OCc1ccccc1)C(=O)NCC(=O)CNS(=O)(=O)c1ccc2oc3ccccc3c2c1. The zero-order chi connectivity index (χ0) is 28.7. The third-order valence-electron chi connectivity index (χ3n) is 6.11. The van der Waals surface area contributed by atoms with Crippen molar-refractivity contribution in [3.8, 4) is 0 Å². The maximum absolute atomic E-state index is 12.8. The van der Waals surface area contributed by atoms with Crippen LogP contribution in [0.2, 0.25) is 0 Å². The molecule has 0 aliphatic heterocycles.